The molecule has 7 nitrogen and oxygen atoms in total. The van der Waals surface area contributed by atoms with E-state index in [1.165, 1.54) is 11.0 Å². The summed E-state index contributed by atoms with van der Waals surface area (Å²) in [4.78, 5) is 29.1. The number of rotatable bonds is 10. The molecule has 1 atom stereocenters. The lowest BCUT2D eigenvalue weighted by molar-refractivity contribution is -0.140. The van der Waals surface area contributed by atoms with Crippen LogP contribution in [0.3, 0.4) is 0 Å². The third-order valence-electron chi connectivity index (χ3n) is 5.74. The molecule has 0 saturated heterocycles. The fourth-order valence-electron chi connectivity index (χ4n) is 4.03. The lowest BCUT2D eigenvalue weighted by Crippen LogP contribution is -2.56. The first kappa shape index (κ1) is 29.2. The molecule has 0 aliphatic carbocycles. The molecule has 0 aliphatic rings. The van der Waals surface area contributed by atoms with Crippen molar-refractivity contribution in [3.8, 4) is 0 Å². The molecule has 0 fully saturated rings. The largest absolute Gasteiger partial charge is 0.350 e. The number of carbonyl (C=O) groups excluding carboxylic acids is 2. The van der Waals surface area contributed by atoms with Crippen molar-refractivity contribution in [1.82, 2.24) is 10.2 Å². The molecule has 3 aromatic rings. The molecule has 202 valence electrons. The Morgan fingerprint density at radius 2 is 1.47 bits per heavy atom. The van der Waals surface area contributed by atoms with Crippen LogP contribution in [0.1, 0.15) is 31.9 Å². The molecule has 0 spiro atoms. The third-order valence-corrected chi connectivity index (χ3v) is 7.12. The second-order valence-electron chi connectivity index (χ2n) is 10.2. The molecule has 38 heavy (non-hydrogen) atoms. The molecule has 3 rings (SSSR count). The van der Waals surface area contributed by atoms with Crippen LogP contribution in [0.4, 0.5) is 5.69 Å². The molecule has 0 heterocycles. The number of benzene rings is 3. The first-order valence-corrected chi connectivity index (χ1v) is 14.5. The van der Waals surface area contributed by atoms with E-state index in [0.29, 0.717) is 5.02 Å². The number of anilines is 1. The quantitative estimate of drug-likeness (QED) is 0.394. The standard InChI is InChI=1S/C29H34ClN3O4S/c1-29(2,3)31-28(35)26(18-22-12-7-5-8-13-22)32(20-23-14-9-6-10-15-23)27(34)21-33(38(4,36)37)25-17-11-16-24(30)19-25/h5-17,19,26H,18,20-21H2,1-4H3,(H,31,35). The van der Waals surface area contributed by atoms with Gasteiger partial charge in [-0.15, -0.1) is 0 Å². The van der Waals surface area contributed by atoms with Gasteiger partial charge in [-0.2, -0.15) is 0 Å². The zero-order chi connectivity index (χ0) is 27.9. The summed E-state index contributed by atoms with van der Waals surface area (Å²) < 4.78 is 26.6. The van der Waals surface area contributed by atoms with Crippen LogP contribution in [0.5, 0.6) is 0 Å². The van der Waals surface area contributed by atoms with Crippen molar-refractivity contribution in [3.63, 3.8) is 0 Å². The topological polar surface area (TPSA) is 86.8 Å². The number of carbonyl (C=O) groups is 2. The third kappa shape index (κ3) is 8.60. The minimum Gasteiger partial charge on any atom is -0.350 e. The normalized spacial score (nSPS) is 12.4. The summed E-state index contributed by atoms with van der Waals surface area (Å²) in [6.07, 6.45) is 1.30. The van der Waals surface area contributed by atoms with E-state index in [4.69, 9.17) is 11.6 Å². The van der Waals surface area contributed by atoms with Gasteiger partial charge in [0.15, 0.2) is 0 Å². The van der Waals surface area contributed by atoms with Gasteiger partial charge in [-0.05, 0) is 50.1 Å². The van der Waals surface area contributed by atoms with Crippen molar-refractivity contribution in [3.05, 3.63) is 101 Å². The summed E-state index contributed by atoms with van der Waals surface area (Å²) in [5.74, 6) is -0.830. The SMILES string of the molecule is CC(C)(C)NC(=O)C(Cc1ccccc1)N(Cc1ccccc1)C(=O)CN(c1cccc(Cl)c1)S(C)(=O)=O. The summed E-state index contributed by atoms with van der Waals surface area (Å²) in [5.41, 5.74) is 1.43. The number of hydrogen-bond donors (Lipinski definition) is 1. The Hall–Kier alpha value is -3.36. The van der Waals surface area contributed by atoms with Crippen LogP contribution in [-0.2, 0) is 32.6 Å². The molecule has 0 radical (unpaired) electrons. The number of sulfonamides is 1. The van der Waals surface area contributed by atoms with E-state index in [1.54, 1.807) is 18.2 Å². The minimum atomic E-state index is -3.84. The smallest absolute Gasteiger partial charge is 0.244 e. The van der Waals surface area contributed by atoms with Gasteiger partial charge < -0.3 is 10.2 Å². The van der Waals surface area contributed by atoms with Crippen molar-refractivity contribution in [1.29, 1.82) is 0 Å². The Morgan fingerprint density at radius 1 is 0.895 bits per heavy atom. The predicted octanol–water partition coefficient (Wildman–Crippen LogP) is 4.66. The van der Waals surface area contributed by atoms with Crippen LogP contribution in [0, 0.1) is 0 Å². The van der Waals surface area contributed by atoms with Gasteiger partial charge in [0.25, 0.3) is 0 Å². The maximum absolute atomic E-state index is 14.0. The Bertz CT molecular complexity index is 1340. The fourth-order valence-corrected chi connectivity index (χ4v) is 5.06. The van der Waals surface area contributed by atoms with Gasteiger partial charge in [0, 0.05) is 23.5 Å². The maximum Gasteiger partial charge on any atom is 0.244 e. The van der Waals surface area contributed by atoms with E-state index < -0.39 is 34.1 Å². The average molecular weight is 556 g/mol. The van der Waals surface area contributed by atoms with Crippen LogP contribution in [-0.4, -0.2) is 49.5 Å². The highest BCUT2D eigenvalue weighted by Crippen LogP contribution is 2.23. The molecule has 2 amide bonds. The summed E-state index contributed by atoms with van der Waals surface area (Å²) >= 11 is 6.12. The minimum absolute atomic E-state index is 0.127. The van der Waals surface area contributed by atoms with Crippen LogP contribution in [0.15, 0.2) is 84.9 Å². The molecule has 0 aromatic heterocycles. The summed E-state index contributed by atoms with van der Waals surface area (Å²) in [5, 5.41) is 3.34. The average Bonchev–Trinajstić information content (AvgIpc) is 2.84. The Balaban J connectivity index is 2.05. The highest BCUT2D eigenvalue weighted by Gasteiger charge is 2.34. The Morgan fingerprint density at radius 3 is 2.00 bits per heavy atom. The fraction of sp³-hybridized carbons (Fsp3) is 0.310. The Kier molecular flexibility index (Phi) is 9.57. The highest BCUT2D eigenvalue weighted by atomic mass is 35.5. The van der Waals surface area contributed by atoms with Gasteiger partial charge in [-0.1, -0.05) is 78.3 Å². The van der Waals surface area contributed by atoms with Gasteiger partial charge in [-0.3, -0.25) is 13.9 Å². The van der Waals surface area contributed by atoms with E-state index in [-0.39, 0.29) is 24.6 Å². The number of hydrogen-bond acceptors (Lipinski definition) is 4. The van der Waals surface area contributed by atoms with Crippen molar-refractivity contribution < 1.29 is 18.0 Å². The van der Waals surface area contributed by atoms with E-state index in [2.05, 4.69) is 5.32 Å². The van der Waals surface area contributed by atoms with Crippen molar-refractivity contribution in [2.75, 3.05) is 17.1 Å². The summed E-state index contributed by atoms with van der Waals surface area (Å²) in [7, 11) is -3.84. The highest BCUT2D eigenvalue weighted by molar-refractivity contribution is 7.92. The lowest BCUT2D eigenvalue weighted by atomic mass is 10.0. The van der Waals surface area contributed by atoms with Crippen LogP contribution < -0.4 is 9.62 Å². The summed E-state index contributed by atoms with van der Waals surface area (Å²) in [6.45, 7) is 5.26. The zero-order valence-corrected chi connectivity index (χ0v) is 23.7. The van der Waals surface area contributed by atoms with E-state index in [1.807, 2.05) is 81.4 Å². The van der Waals surface area contributed by atoms with E-state index >= 15 is 0 Å². The van der Waals surface area contributed by atoms with Gasteiger partial charge in [0.05, 0.1) is 11.9 Å². The van der Waals surface area contributed by atoms with Gasteiger partial charge >= 0.3 is 0 Å². The molecular weight excluding hydrogens is 522 g/mol. The lowest BCUT2D eigenvalue weighted by Gasteiger charge is -2.35. The molecule has 1 unspecified atom stereocenters. The summed E-state index contributed by atoms with van der Waals surface area (Å²) in [6, 6.07) is 24.2. The molecule has 1 N–H and O–H groups in total. The van der Waals surface area contributed by atoms with Gasteiger partial charge in [0.2, 0.25) is 21.8 Å². The van der Waals surface area contributed by atoms with Crippen molar-refractivity contribution >= 4 is 39.1 Å². The first-order valence-electron chi connectivity index (χ1n) is 12.3. The van der Waals surface area contributed by atoms with Gasteiger partial charge in [0.1, 0.15) is 12.6 Å². The van der Waals surface area contributed by atoms with Crippen LogP contribution in [0.2, 0.25) is 5.02 Å². The molecule has 3 aromatic carbocycles. The predicted molar refractivity (Wildman–Crippen MR) is 152 cm³/mol. The maximum atomic E-state index is 14.0. The Labute approximate surface area is 230 Å². The number of amides is 2. The number of nitrogens with zero attached hydrogens (tertiary/aromatic N) is 2. The number of nitrogens with one attached hydrogen (secondary N) is 1. The molecular formula is C29H34ClN3O4S. The van der Waals surface area contributed by atoms with Gasteiger partial charge in [-0.25, -0.2) is 8.42 Å². The van der Waals surface area contributed by atoms with Crippen LogP contribution >= 0.6 is 11.6 Å². The zero-order valence-electron chi connectivity index (χ0n) is 22.1. The number of halogens is 1. The van der Waals surface area contributed by atoms with Crippen molar-refractivity contribution in [2.45, 2.75) is 45.3 Å². The molecule has 0 aliphatic heterocycles. The molecule has 0 bridgehead atoms. The van der Waals surface area contributed by atoms with E-state index in [0.717, 1.165) is 21.7 Å². The monoisotopic (exact) mass is 555 g/mol. The van der Waals surface area contributed by atoms with Crippen LogP contribution in [0.25, 0.3) is 0 Å². The second kappa shape index (κ2) is 12.5. The molecule has 0 saturated carbocycles. The van der Waals surface area contributed by atoms with Crippen molar-refractivity contribution in [2.24, 2.45) is 0 Å². The van der Waals surface area contributed by atoms with E-state index in [9.17, 15) is 18.0 Å². The first-order chi connectivity index (χ1) is 17.8. The second-order valence-corrected chi connectivity index (χ2v) is 12.5. The molecule has 9 heteroatoms.